The molecule has 0 radical (unpaired) electrons. The van der Waals surface area contributed by atoms with E-state index in [2.05, 4.69) is 15.0 Å². The summed E-state index contributed by atoms with van der Waals surface area (Å²) in [6, 6.07) is 25.6. The van der Waals surface area contributed by atoms with Crippen LogP contribution in [0.15, 0.2) is 91.3 Å². The van der Waals surface area contributed by atoms with Crippen molar-refractivity contribution in [3.8, 4) is 5.75 Å². The molecule has 4 atom stereocenters. The molecule has 18 heteroatoms. The molecule has 12 nitrogen and oxygen atoms in total. The van der Waals surface area contributed by atoms with Crippen molar-refractivity contribution in [1.29, 1.82) is 0 Å². The molecule has 294 valence electrons. The molecule has 3 heterocycles. The average Bonchev–Trinajstić information content (AvgIpc) is 3.69. The van der Waals surface area contributed by atoms with Crippen LogP contribution in [0.3, 0.4) is 0 Å². The maximum atomic E-state index is 14.1. The van der Waals surface area contributed by atoms with E-state index < -0.39 is 65.7 Å². The predicted octanol–water partition coefficient (Wildman–Crippen LogP) is 7.60. The van der Waals surface area contributed by atoms with Crippen LogP contribution >= 0.6 is 11.6 Å². The molecule has 2 aromatic heterocycles. The van der Waals surface area contributed by atoms with Gasteiger partial charge in [-0.1, -0.05) is 93.6 Å². The fourth-order valence-electron chi connectivity index (χ4n) is 6.25. The topological polar surface area (TPSA) is 150 Å². The van der Waals surface area contributed by atoms with Crippen LogP contribution in [0.1, 0.15) is 43.7 Å². The highest BCUT2D eigenvalue weighted by molar-refractivity contribution is 7.87. The number of alkyl halides is 3. The Morgan fingerprint density at radius 3 is 1.98 bits per heavy atom. The van der Waals surface area contributed by atoms with Gasteiger partial charge in [0.25, 0.3) is 0 Å². The number of methoxy groups -OCH3 is 1. The number of nitrogen functional groups attached to an aromatic ring is 1. The van der Waals surface area contributed by atoms with Crippen molar-refractivity contribution in [3.05, 3.63) is 113 Å². The monoisotopic (exact) mass is 819 g/mol. The van der Waals surface area contributed by atoms with Gasteiger partial charge in [-0.15, -0.1) is 0 Å². The fourth-order valence-corrected chi connectivity index (χ4v) is 8.34. The lowest BCUT2D eigenvalue weighted by Crippen LogP contribution is -2.51. The van der Waals surface area contributed by atoms with Gasteiger partial charge in [-0.05, 0) is 58.6 Å². The molecule has 0 aliphatic carbocycles. The Hall–Kier alpha value is -4.10. The lowest BCUT2D eigenvalue weighted by atomic mass is 9.80. The molecule has 0 saturated carbocycles. The van der Waals surface area contributed by atoms with E-state index in [0.29, 0.717) is 22.4 Å². The van der Waals surface area contributed by atoms with Crippen molar-refractivity contribution in [2.75, 3.05) is 19.5 Å². The Morgan fingerprint density at radius 1 is 0.891 bits per heavy atom. The summed E-state index contributed by atoms with van der Waals surface area (Å²) in [6.07, 6.45) is -4.91. The molecule has 1 fully saturated rings. The van der Waals surface area contributed by atoms with Crippen molar-refractivity contribution < 1.29 is 44.4 Å². The summed E-state index contributed by atoms with van der Waals surface area (Å²) in [5.74, 6) is 0.519. The van der Waals surface area contributed by atoms with Gasteiger partial charge in [-0.2, -0.15) is 31.6 Å². The second kappa shape index (κ2) is 15.1. The number of imidazole rings is 1. The van der Waals surface area contributed by atoms with Gasteiger partial charge in [0.05, 0.1) is 20.0 Å². The molecule has 1 saturated heterocycles. The first kappa shape index (κ1) is 40.6. The van der Waals surface area contributed by atoms with Crippen LogP contribution in [0.2, 0.25) is 23.4 Å². The number of fused-ring (bicyclic) bond motifs is 1. The third-order valence-corrected chi connectivity index (χ3v) is 15.7. The quantitative estimate of drug-likeness (QED) is 0.0436. The molecule has 0 bridgehead atoms. The zero-order chi connectivity index (χ0) is 40.0. The van der Waals surface area contributed by atoms with Gasteiger partial charge in [-0.25, -0.2) is 4.98 Å². The lowest BCUT2D eigenvalue weighted by molar-refractivity contribution is -0.0954. The minimum Gasteiger partial charge on any atom is -0.497 e. The van der Waals surface area contributed by atoms with Gasteiger partial charge in [0.2, 0.25) is 5.28 Å². The number of nitrogens with zero attached hydrogens (tertiary/aromatic N) is 4. The Kier molecular flexibility index (Phi) is 11.1. The highest BCUT2D eigenvalue weighted by atomic mass is 35.5. The standard InChI is InChI=1S/C37H41ClF3N5O7SSi/c1-35(2,3)55(5,6)53-30-29(52-54(47,48)37(39,40)41)27(51-33(30)46-22-43-28-31(42)44-34(38)45-32(28)46)21-50-36(23-13-9-7-10-14-23,24-15-11-8-12-16-24)25-17-19-26(49-4)20-18-25/h7-20,22,27,29-30,33H,21H2,1-6H3,(H2,42,44,45). The predicted molar refractivity (Wildman–Crippen MR) is 202 cm³/mol. The van der Waals surface area contributed by atoms with E-state index in [1.807, 2.05) is 107 Å². The number of anilines is 1. The van der Waals surface area contributed by atoms with Gasteiger partial charge < -0.3 is 24.4 Å². The third-order valence-electron chi connectivity index (χ3n) is 10.1. The van der Waals surface area contributed by atoms with Crippen LogP contribution in [0.5, 0.6) is 5.75 Å². The molecule has 0 spiro atoms. The van der Waals surface area contributed by atoms with E-state index in [0.717, 1.165) is 0 Å². The molecular weight excluding hydrogens is 779 g/mol. The summed E-state index contributed by atoms with van der Waals surface area (Å²) in [5.41, 5.74) is 1.09. The Bertz CT molecular complexity index is 2190. The second-order valence-electron chi connectivity index (χ2n) is 14.5. The highest BCUT2D eigenvalue weighted by Gasteiger charge is 2.58. The number of benzene rings is 3. The molecule has 6 rings (SSSR count). The summed E-state index contributed by atoms with van der Waals surface area (Å²) in [4.78, 5) is 12.5. The van der Waals surface area contributed by atoms with Crippen LogP contribution in [-0.2, 0) is 33.8 Å². The Labute approximate surface area is 323 Å². The van der Waals surface area contributed by atoms with Gasteiger partial charge in [0.15, 0.2) is 26.0 Å². The average molecular weight is 820 g/mol. The number of aromatic nitrogens is 4. The smallest absolute Gasteiger partial charge is 0.497 e. The number of rotatable bonds is 12. The fraction of sp³-hybridized carbons (Fsp3) is 0.378. The molecule has 1 aliphatic rings. The molecule has 0 amide bonds. The van der Waals surface area contributed by atoms with E-state index in [9.17, 15) is 21.6 Å². The molecule has 3 aromatic carbocycles. The maximum absolute atomic E-state index is 14.1. The van der Waals surface area contributed by atoms with Crippen molar-refractivity contribution >= 4 is 47.0 Å². The largest absolute Gasteiger partial charge is 0.523 e. The zero-order valence-corrected chi connectivity index (χ0v) is 33.4. The van der Waals surface area contributed by atoms with Crippen LogP contribution in [0.25, 0.3) is 11.2 Å². The van der Waals surface area contributed by atoms with E-state index >= 15 is 0 Å². The van der Waals surface area contributed by atoms with Crippen molar-refractivity contribution in [2.24, 2.45) is 0 Å². The van der Waals surface area contributed by atoms with Crippen LogP contribution in [0.4, 0.5) is 19.0 Å². The van der Waals surface area contributed by atoms with E-state index in [4.69, 9.17) is 40.2 Å². The number of halogens is 4. The van der Waals surface area contributed by atoms with E-state index in [-0.39, 0.29) is 22.3 Å². The van der Waals surface area contributed by atoms with Gasteiger partial charge in [0, 0.05) is 0 Å². The summed E-state index contributed by atoms with van der Waals surface area (Å²) >= 11 is 6.19. The zero-order valence-electron chi connectivity index (χ0n) is 30.8. The Morgan fingerprint density at radius 2 is 1.45 bits per heavy atom. The Balaban J connectivity index is 1.54. The first-order chi connectivity index (χ1) is 25.8. The first-order valence-electron chi connectivity index (χ1n) is 17.2. The normalized spacial score (nSPS) is 19.9. The molecular formula is C37H41ClF3N5O7SSi. The van der Waals surface area contributed by atoms with Gasteiger partial charge in [-0.3, -0.25) is 8.75 Å². The van der Waals surface area contributed by atoms with Crippen molar-refractivity contribution in [1.82, 2.24) is 19.5 Å². The molecule has 1 aliphatic heterocycles. The van der Waals surface area contributed by atoms with Crippen LogP contribution in [-0.4, -0.2) is 73.8 Å². The minimum atomic E-state index is -6.21. The van der Waals surface area contributed by atoms with Crippen LogP contribution in [0, 0.1) is 0 Å². The summed E-state index contributed by atoms with van der Waals surface area (Å²) in [5, 5.41) is -0.717. The van der Waals surface area contributed by atoms with E-state index in [1.54, 1.807) is 12.1 Å². The third kappa shape index (κ3) is 7.83. The van der Waals surface area contributed by atoms with Gasteiger partial charge in [0.1, 0.15) is 35.2 Å². The SMILES string of the molecule is COc1ccc(C(OCC2OC(n3cnc4c(N)nc(Cl)nc43)C(O[Si](C)(C)C(C)(C)C)C2OS(=O)(=O)C(F)(F)F)(c2ccccc2)c2ccccc2)cc1. The van der Waals surface area contributed by atoms with Gasteiger partial charge >= 0.3 is 15.6 Å². The molecule has 4 unspecified atom stereocenters. The second-order valence-corrected chi connectivity index (χ2v) is 21.2. The highest BCUT2D eigenvalue weighted by Crippen LogP contribution is 2.47. The number of nitrogens with two attached hydrogens (primary N) is 1. The summed E-state index contributed by atoms with van der Waals surface area (Å²) in [7, 11) is -7.61. The number of ether oxygens (including phenoxy) is 3. The van der Waals surface area contributed by atoms with Crippen molar-refractivity contribution in [2.45, 2.75) is 74.6 Å². The molecule has 5 aromatic rings. The molecule has 2 N–H and O–H groups in total. The summed E-state index contributed by atoms with van der Waals surface area (Å²) < 4.78 is 100. The number of hydrogen-bond donors (Lipinski definition) is 1. The van der Waals surface area contributed by atoms with Crippen LogP contribution < -0.4 is 10.5 Å². The number of hydrogen-bond acceptors (Lipinski definition) is 11. The van der Waals surface area contributed by atoms with E-state index in [1.165, 1.54) is 18.0 Å². The maximum Gasteiger partial charge on any atom is 0.523 e. The summed E-state index contributed by atoms with van der Waals surface area (Å²) in [6.45, 7) is 9.02. The molecule has 55 heavy (non-hydrogen) atoms. The van der Waals surface area contributed by atoms with Crippen molar-refractivity contribution in [3.63, 3.8) is 0 Å². The lowest BCUT2D eigenvalue weighted by Gasteiger charge is -2.40. The first-order valence-corrected chi connectivity index (χ1v) is 21.9. The minimum absolute atomic E-state index is 0.0593.